The number of hydrogen-bond acceptors (Lipinski definition) is 4. The van der Waals surface area contributed by atoms with Crippen molar-refractivity contribution in [1.29, 1.82) is 0 Å². The van der Waals surface area contributed by atoms with Crippen molar-refractivity contribution < 1.29 is 9.53 Å². The van der Waals surface area contributed by atoms with Crippen LogP contribution in [-0.4, -0.2) is 43.2 Å². The number of carbonyl (C=O) groups excluding carboxylic acids is 1. The zero-order valence-corrected chi connectivity index (χ0v) is 11.5. The molecule has 0 aliphatic carbocycles. The number of nitrogens with zero attached hydrogens (tertiary/aromatic N) is 1. The summed E-state index contributed by atoms with van der Waals surface area (Å²) >= 11 is 7.55. The second kappa shape index (κ2) is 5.17. The van der Waals surface area contributed by atoms with Gasteiger partial charge in [0.25, 0.3) is 0 Å². The van der Waals surface area contributed by atoms with E-state index < -0.39 is 0 Å². The summed E-state index contributed by atoms with van der Waals surface area (Å²) in [5.41, 5.74) is 0. The highest BCUT2D eigenvalue weighted by molar-refractivity contribution is 7.16. The summed E-state index contributed by atoms with van der Waals surface area (Å²) in [7, 11) is 0. The van der Waals surface area contributed by atoms with E-state index in [4.69, 9.17) is 16.3 Å². The maximum atomic E-state index is 11.9. The lowest BCUT2D eigenvalue weighted by Gasteiger charge is -2.26. The van der Waals surface area contributed by atoms with Crippen molar-refractivity contribution in [3.63, 3.8) is 0 Å². The predicted molar refractivity (Wildman–Crippen MR) is 70.8 cm³/mol. The van der Waals surface area contributed by atoms with E-state index in [1.54, 1.807) is 11.3 Å². The Kier molecular flexibility index (Phi) is 3.56. The minimum atomic E-state index is -0.0482. The van der Waals surface area contributed by atoms with Crippen LogP contribution in [0.4, 0.5) is 0 Å². The van der Waals surface area contributed by atoms with E-state index in [0.29, 0.717) is 13.2 Å². The standard InChI is InChI=1S/C12H15ClN2O2S/c13-11-2-1-10(18-11)5-15-3-8-6-17-7-9(4-15)14-12(8)16/h1-2,8-9H,3-7H2,(H,14,16)/t8-,9+/m1/s1. The fourth-order valence-electron chi connectivity index (χ4n) is 2.51. The molecule has 1 N–H and O–H groups in total. The first-order valence-corrected chi connectivity index (χ1v) is 7.25. The number of nitrogens with one attached hydrogen (secondary N) is 1. The first kappa shape index (κ1) is 12.4. The van der Waals surface area contributed by atoms with Crippen molar-refractivity contribution in [2.45, 2.75) is 12.6 Å². The first-order chi connectivity index (χ1) is 8.70. The lowest BCUT2D eigenvalue weighted by molar-refractivity contribution is -0.125. The van der Waals surface area contributed by atoms with Gasteiger partial charge in [0.05, 0.1) is 29.5 Å². The number of hydrogen-bond donors (Lipinski definition) is 1. The molecule has 0 unspecified atom stereocenters. The molecule has 2 bridgehead atoms. The van der Waals surface area contributed by atoms with Crippen LogP contribution in [0.1, 0.15) is 4.88 Å². The van der Waals surface area contributed by atoms with Crippen LogP contribution in [0.25, 0.3) is 0 Å². The van der Waals surface area contributed by atoms with Crippen molar-refractivity contribution in [3.8, 4) is 0 Å². The minimum absolute atomic E-state index is 0.0482. The zero-order chi connectivity index (χ0) is 12.5. The molecular weight excluding hydrogens is 272 g/mol. The molecule has 2 saturated heterocycles. The molecule has 0 aromatic carbocycles. The average Bonchev–Trinajstić information content (AvgIpc) is 2.53. The monoisotopic (exact) mass is 286 g/mol. The summed E-state index contributed by atoms with van der Waals surface area (Å²) in [5, 5.41) is 3.03. The Hall–Kier alpha value is -0.620. The van der Waals surface area contributed by atoms with Crippen LogP contribution >= 0.6 is 22.9 Å². The maximum absolute atomic E-state index is 11.9. The molecule has 1 aromatic rings. The van der Waals surface area contributed by atoms with Crippen LogP contribution in [0.3, 0.4) is 0 Å². The van der Waals surface area contributed by atoms with Crippen molar-refractivity contribution in [2.24, 2.45) is 5.92 Å². The highest BCUT2D eigenvalue weighted by Gasteiger charge is 2.33. The Morgan fingerprint density at radius 3 is 3.11 bits per heavy atom. The molecule has 6 heteroatoms. The molecule has 3 rings (SSSR count). The van der Waals surface area contributed by atoms with Crippen LogP contribution in [-0.2, 0) is 16.1 Å². The summed E-state index contributed by atoms with van der Waals surface area (Å²) < 4.78 is 6.32. The van der Waals surface area contributed by atoms with Gasteiger partial charge in [-0.15, -0.1) is 11.3 Å². The number of amides is 1. The van der Waals surface area contributed by atoms with E-state index in [1.165, 1.54) is 4.88 Å². The largest absolute Gasteiger partial charge is 0.378 e. The number of halogens is 1. The van der Waals surface area contributed by atoms with Crippen LogP contribution in [0.2, 0.25) is 4.34 Å². The highest BCUT2D eigenvalue weighted by atomic mass is 35.5. The number of ether oxygens (including phenoxy) is 1. The number of rotatable bonds is 2. The average molecular weight is 287 g/mol. The quantitative estimate of drug-likeness (QED) is 0.892. The second-order valence-electron chi connectivity index (χ2n) is 4.84. The molecule has 2 atom stereocenters. The van der Waals surface area contributed by atoms with Crippen molar-refractivity contribution in [2.75, 3.05) is 26.3 Å². The number of carbonyl (C=O) groups is 1. The van der Waals surface area contributed by atoms with Gasteiger partial charge in [-0.3, -0.25) is 9.69 Å². The van der Waals surface area contributed by atoms with E-state index in [-0.39, 0.29) is 17.9 Å². The Morgan fingerprint density at radius 1 is 1.44 bits per heavy atom. The predicted octanol–water partition coefficient (Wildman–Crippen LogP) is 1.35. The van der Waals surface area contributed by atoms with E-state index in [2.05, 4.69) is 16.3 Å². The van der Waals surface area contributed by atoms with Crippen LogP contribution < -0.4 is 5.32 Å². The first-order valence-electron chi connectivity index (χ1n) is 6.05. The van der Waals surface area contributed by atoms with E-state index in [9.17, 15) is 4.79 Å². The molecule has 98 valence electrons. The summed E-state index contributed by atoms with van der Waals surface area (Å²) in [6, 6.07) is 4.09. The molecule has 2 aliphatic heterocycles. The molecule has 2 aliphatic rings. The molecular formula is C12H15ClN2O2S. The highest BCUT2D eigenvalue weighted by Crippen LogP contribution is 2.24. The zero-order valence-electron chi connectivity index (χ0n) is 9.89. The van der Waals surface area contributed by atoms with Gasteiger partial charge < -0.3 is 10.1 Å². The van der Waals surface area contributed by atoms with Gasteiger partial charge in [0.1, 0.15) is 0 Å². The van der Waals surface area contributed by atoms with Gasteiger partial charge in [-0.2, -0.15) is 0 Å². The SMILES string of the molecule is O=C1N[C@@H]2COC[C@H]1CN(Cc1ccc(Cl)s1)C2. The molecule has 3 heterocycles. The fraction of sp³-hybridized carbons (Fsp3) is 0.583. The normalized spacial score (nSPS) is 28.8. The summed E-state index contributed by atoms with van der Waals surface area (Å²) in [6.07, 6.45) is 0. The topological polar surface area (TPSA) is 41.6 Å². The number of thiophene rings is 1. The Bertz CT molecular complexity index is 451. The summed E-state index contributed by atoms with van der Waals surface area (Å²) in [6.45, 7) is 3.61. The van der Waals surface area contributed by atoms with E-state index >= 15 is 0 Å². The summed E-state index contributed by atoms with van der Waals surface area (Å²) in [4.78, 5) is 15.4. The molecule has 0 radical (unpaired) electrons. The summed E-state index contributed by atoms with van der Waals surface area (Å²) in [5.74, 6) is 0.0807. The number of fused-ring (bicyclic) bond motifs is 3. The van der Waals surface area contributed by atoms with Gasteiger partial charge in [0.15, 0.2) is 0 Å². The Labute approximate surface area is 115 Å². The molecule has 18 heavy (non-hydrogen) atoms. The minimum Gasteiger partial charge on any atom is -0.378 e. The van der Waals surface area contributed by atoms with Gasteiger partial charge in [0.2, 0.25) is 5.91 Å². The Balaban J connectivity index is 1.72. The second-order valence-corrected chi connectivity index (χ2v) is 6.64. The van der Waals surface area contributed by atoms with E-state index in [0.717, 1.165) is 24.0 Å². The third-order valence-corrected chi connectivity index (χ3v) is 4.54. The van der Waals surface area contributed by atoms with Gasteiger partial charge in [-0.05, 0) is 12.1 Å². The van der Waals surface area contributed by atoms with Crippen molar-refractivity contribution in [1.82, 2.24) is 10.2 Å². The lowest BCUT2D eigenvalue weighted by atomic mass is 10.1. The molecule has 2 fully saturated rings. The van der Waals surface area contributed by atoms with Gasteiger partial charge >= 0.3 is 0 Å². The van der Waals surface area contributed by atoms with Gasteiger partial charge in [0, 0.05) is 24.5 Å². The van der Waals surface area contributed by atoms with Crippen LogP contribution in [0.15, 0.2) is 12.1 Å². The molecule has 0 spiro atoms. The smallest absolute Gasteiger partial charge is 0.227 e. The van der Waals surface area contributed by atoms with E-state index in [1.807, 2.05) is 6.07 Å². The molecule has 4 nitrogen and oxygen atoms in total. The third kappa shape index (κ3) is 2.69. The van der Waals surface area contributed by atoms with Gasteiger partial charge in [-0.25, -0.2) is 0 Å². The van der Waals surface area contributed by atoms with Crippen LogP contribution in [0.5, 0.6) is 0 Å². The third-order valence-electron chi connectivity index (χ3n) is 3.32. The lowest BCUT2D eigenvalue weighted by Crippen LogP contribution is -2.41. The maximum Gasteiger partial charge on any atom is 0.227 e. The molecule has 1 amide bonds. The fourth-order valence-corrected chi connectivity index (χ4v) is 3.64. The van der Waals surface area contributed by atoms with Crippen molar-refractivity contribution >= 4 is 28.8 Å². The molecule has 1 aromatic heterocycles. The molecule has 0 saturated carbocycles. The Morgan fingerprint density at radius 2 is 2.33 bits per heavy atom. The van der Waals surface area contributed by atoms with Crippen LogP contribution in [0, 0.1) is 5.92 Å². The van der Waals surface area contributed by atoms with Crippen molar-refractivity contribution in [3.05, 3.63) is 21.3 Å². The van der Waals surface area contributed by atoms with Gasteiger partial charge in [-0.1, -0.05) is 11.6 Å².